The van der Waals surface area contributed by atoms with E-state index in [0.29, 0.717) is 12.2 Å². The SMILES string of the molecule is CC.O=NC(=O)Cc1cncn1Cc1ccccc1. The number of amides is 1. The first-order chi connectivity index (χ1) is 9.29. The van der Waals surface area contributed by atoms with Crippen LogP contribution in [-0.2, 0) is 17.8 Å². The van der Waals surface area contributed by atoms with Crippen LogP contribution in [0.4, 0.5) is 0 Å². The number of carbonyl (C=O) groups is 1. The van der Waals surface area contributed by atoms with Crippen molar-refractivity contribution in [2.45, 2.75) is 26.8 Å². The quantitative estimate of drug-likeness (QED) is 0.793. The first-order valence-electron chi connectivity index (χ1n) is 6.18. The van der Waals surface area contributed by atoms with Crippen LogP contribution in [0.25, 0.3) is 0 Å². The first kappa shape index (κ1) is 14.8. The molecule has 100 valence electrons. The van der Waals surface area contributed by atoms with Crippen LogP contribution in [-0.4, -0.2) is 15.5 Å². The molecule has 2 aromatic rings. The van der Waals surface area contributed by atoms with Crippen LogP contribution in [0.5, 0.6) is 0 Å². The minimum absolute atomic E-state index is 0.00364. The highest BCUT2D eigenvalue weighted by Gasteiger charge is 2.08. The van der Waals surface area contributed by atoms with Crippen molar-refractivity contribution in [3.63, 3.8) is 0 Å². The van der Waals surface area contributed by atoms with Crippen molar-refractivity contribution in [2.75, 3.05) is 0 Å². The number of aromatic nitrogens is 2. The summed E-state index contributed by atoms with van der Waals surface area (Å²) in [5.41, 5.74) is 1.80. The van der Waals surface area contributed by atoms with E-state index in [2.05, 4.69) is 10.2 Å². The molecule has 0 bridgehead atoms. The molecule has 19 heavy (non-hydrogen) atoms. The van der Waals surface area contributed by atoms with Gasteiger partial charge in [0, 0.05) is 23.6 Å². The fourth-order valence-corrected chi connectivity index (χ4v) is 1.61. The first-order valence-corrected chi connectivity index (χ1v) is 6.18. The summed E-state index contributed by atoms with van der Waals surface area (Å²) in [5.74, 6) is -0.681. The Morgan fingerprint density at radius 2 is 1.95 bits per heavy atom. The minimum Gasteiger partial charge on any atom is -0.330 e. The summed E-state index contributed by atoms with van der Waals surface area (Å²) < 4.78 is 1.83. The van der Waals surface area contributed by atoms with Gasteiger partial charge in [0.05, 0.1) is 12.7 Å². The summed E-state index contributed by atoms with van der Waals surface area (Å²) in [6.07, 6.45) is 3.21. The average molecular weight is 259 g/mol. The normalized spacial score (nSPS) is 9.37. The second-order valence-electron chi connectivity index (χ2n) is 3.66. The monoisotopic (exact) mass is 259 g/mol. The summed E-state index contributed by atoms with van der Waals surface area (Å²) in [6, 6.07) is 9.82. The molecule has 1 aromatic carbocycles. The van der Waals surface area contributed by atoms with E-state index in [4.69, 9.17) is 0 Å². The van der Waals surface area contributed by atoms with Gasteiger partial charge in [-0.25, -0.2) is 4.98 Å². The number of rotatable bonds is 4. The van der Waals surface area contributed by atoms with Crippen LogP contribution in [0.15, 0.2) is 48.0 Å². The summed E-state index contributed by atoms with van der Waals surface area (Å²) in [5, 5.41) is 2.38. The fraction of sp³-hybridized carbons (Fsp3) is 0.286. The highest BCUT2D eigenvalue weighted by molar-refractivity contribution is 5.78. The molecule has 0 saturated carbocycles. The number of hydrogen-bond donors (Lipinski definition) is 0. The van der Waals surface area contributed by atoms with Gasteiger partial charge < -0.3 is 4.57 Å². The third-order valence-electron chi connectivity index (χ3n) is 2.43. The molecule has 0 aliphatic rings. The van der Waals surface area contributed by atoms with Gasteiger partial charge >= 0.3 is 0 Å². The Hall–Kier alpha value is -2.30. The molecule has 0 N–H and O–H groups in total. The zero-order valence-corrected chi connectivity index (χ0v) is 11.1. The van der Waals surface area contributed by atoms with Gasteiger partial charge in [0.1, 0.15) is 0 Å². The Kier molecular flexibility index (Phi) is 6.15. The third-order valence-corrected chi connectivity index (χ3v) is 2.43. The average Bonchev–Trinajstić information content (AvgIpc) is 2.89. The van der Waals surface area contributed by atoms with Crippen LogP contribution in [0.1, 0.15) is 25.1 Å². The second-order valence-corrected chi connectivity index (χ2v) is 3.66. The summed E-state index contributed by atoms with van der Waals surface area (Å²) in [6.45, 7) is 4.63. The molecular weight excluding hydrogens is 242 g/mol. The minimum atomic E-state index is -0.681. The van der Waals surface area contributed by atoms with Gasteiger partial charge in [-0.3, -0.25) is 4.79 Å². The van der Waals surface area contributed by atoms with Crippen molar-refractivity contribution >= 4 is 5.91 Å². The smallest absolute Gasteiger partial charge is 0.292 e. The molecule has 0 radical (unpaired) electrons. The van der Waals surface area contributed by atoms with Crippen molar-refractivity contribution in [3.8, 4) is 0 Å². The van der Waals surface area contributed by atoms with Gasteiger partial charge in [-0.2, -0.15) is 0 Å². The highest BCUT2D eigenvalue weighted by atomic mass is 16.3. The molecule has 2 rings (SSSR count). The lowest BCUT2D eigenvalue weighted by molar-refractivity contribution is -0.117. The standard InChI is InChI=1S/C12H11N3O2.C2H6/c16-12(14-17)6-11-7-13-9-15(11)8-10-4-2-1-3-5-10;1-2/h1-5,7,9H,6,8H2;1-2H3. The maximum atomic E-state index is 11.0. The molecule has 0 spiro atoms. The predicted octanol–water partition coefficient (Wildman–Crippen LogP) is 2.79. The van der Waals surface area contributed by atoms with E-state index in [1.807, 2.05) is 48.7 Å². The Bertz CT molecular complexity index is 520. The maximum absolute atomic E-state index is 11.0. The zero-order valence-electron chi connectivity index (χ0n) is 11.1. The van der Waals surface area contributed by atoms with E-state index in [1.165, 1.54) is 0 Å². The molecule has 0 atom stereocenters. The number of benzene rings is 1. The van der Waals surface area contributed by atoms with Gasteiger partial charge in [0.25, 0.3) is 5.91 Å². The lowest BCUT2D eigenvalue weighted by Crippen LogP contribution is -2.07. The zero-order chi connectivity index (χ0) is 14.1. The van der Waals surface area contributed by atoms with Gasteiger partial charge in [-0.15, -0.1) is 4.91 Å². The van der Waals surface area contributed by atoms with E-state index in [0.717, 1.165) is 5.56 Å². The number of nitrogens with zero attached hydrogens (tertiary/aromatic N) is 3. The number of imidazole rings is 1. The van der Waals surface area contributed by atoms with E-state index >= 15 is 0 Å². The lowest BCUT2D eigenvalue weighted by Gasteiger charge is -2.06. The molecule has 0 unspecified atom stereocenters. The summed E-state index contributed by atoms with van der Waals surface area (Å²) in [4.78, 5) is 25.0. The molecule has 1 heterocycles. The number of nitroso groups, excluding NO2 is 1. The molecule has 0 aliphatic heterocycles. The lowest BCUT2D eigenvalue weighted by atomic mass is 10.2. The van der Waals surface area contributed by atoms with Crippen LogP contribution in [0.3, 0.4) is 0 Å². The maximum Gasteiger partial charge on any atom is 0.292 e. The number of carbonyl (C=O) groups excluding carboxylic acids is 1. The van der Waals surface area contributed by atoms with Gasteiger partial charge in [0.2, 0.25) is 0 Å². The van der Waals surface area contributed by atoms with Gasteiger partial charge in [-0.05, 0) is 5.56 Å². The molecule has 1 aromatic heterocycles. The third kappa shape index (κ3) is 4.46. The van der Waals surface area contributed by atoms with Crippen LogP contribution in [0.2, 0.25) is 0 Å². The fourth-order valence-electron chi connectivity index (χ4n) is 1.61. The van der Waals surface area contributed by atoms with E-state index in [1.54, 1.807) is 12.5 Å². The molecule has 5 heteroatoms. The van der Waals surface area contributed by atoms with Crippen LogP contribution in [0, 0.1) is 4.91 Å². The Morgan fingerprint density at radius 3 is 2.58 bits per heavy atom. The Labute approximate surface area is 112 Å². The Morgan fingerprint density at radius 1 is 1.26 bits per heavy atom. The van der Waals surface area contributed by atoms with Crippen molar-refractivity contribution in [2.24, 2.45) is 5.18 Å². The predicted molar refractivity (Wildman–Crippen MR) is 73.6 cm³/mol. The highest BCUT2D eigenvalue weighted by Crippen LogP contribution is 2.07. The van der Waals surface area contributed by atoms with Gasteiger partial charge in [-0.1, -0.05) is 44.2 Å². The van der Waals surface area contributed by atoms with Crippen LogP contribution >= 0.6 is 0 Å². The second kappa shape index (κ2) is 7.92. The van der Waals surface area contributed by atoms with Crippen molar-refractivity contribution in [1.29, 1.82) is 0 Å². The van der Waals surface area contributed by atoms with E-state index < -0.39 is 5.91 Å². The van der Waals surface area contributed by atoms with Crippen molar-refractivity contribution in [3.05, 3.63) is 59.0 Å². The largest absolute Gasteiger partial charge is 0.330 e. The van der Waals surface area contributed by atoms with Crippen LogP contribution < -0.4 is 0 Å². The van der Waals surface area contributed by atoms with E-state index in [9.17, 15) is 9.70 Å². The summed E-state index contributed by atoms with van der Waals surface area (Å²) in [7, 11) is 0. The molecule has 5 nitrogen and oxygen atoms in total. The molecular formula is C14H17N3O2. The molecule has 0 fully saturated rings. The van der Waals surface area contributed by atoms with Crippen molar-refractivity contribution < 1.29 is 4.79 Å². The number of hydrogen-bond acceptors (Lipinski definition) is 3. The molecule has 0 aliphatic carbocycles. The van der Waals surface area contributed by atoms with Gasteiger partial charge in [0.15, 0.2) is 0 Å². The Balaban J connectivity index is 0.000000861. The molecule has 1 amide bonds. The van der Waals surface area contributed by atoms with Crippen molar-refractivity contribution in [1.82, 2.24) is 9.55 Å². The molecule has 0 saturated heterocycles. The van der Waals surface area contributed by atoms with E-state index in [-0.39, 0.29) is 6.42 Å². The summed E-state index contributed by atoms with van der Waals surface area (Å²) >= 11 is 0. The topological polar surface area (TPSA) is 64.3 Å².